The molecule has 0 amide bonds. The van der Waals surface area contributed by atoms with E-state index in [2.05, 4.69) is 6.92 Å². The van der Waals surface area contributed by atoms with Gasteiger partial charge < -0.3 is 0 Å². The Labute approximate surface area is 146 Å². The van der Waals surface area contributed by atoms with Gasteiger partial charge in [-0.05, 0) is 54.9 Å². The van der Waals surface area contributed by atoms with Gasteiger partial charge in [0.25, 0.3) is 0 Å². The summed E-state index contributed by atoms with van der Waals surface area (Å²) in [6.07, 6.45) is 4.04. The molecule has 0 bridgehead atoms. The number of carbonyl (C=O) groups excluding carboxylic acids is 2. The van der Waals surface area contributed by atoms with Crippen molar-refractivity contribution in [3.63, 3.8) is 0 Å². The van der Waals surface area contributed by atoms with E-state index in [4.69, 9.17) is 19.6 Å². The van der Waals surface area contributed by atoms with Gasteiger partial charge in [0.15, 0.2) is 5.41 Å². The second-order valence-electron chi connectivity index (χ2n) is 8.28. The van der Waals surface area contributed by atoms with Gasteiger partial charge in [0.05, 0.1) is 0 Å². The number of unbranched alkanes of at least 4 members (excludes halogenated alkanes) is 3. The van der Waals surface area contributed by atoms with Crippen LogP contribution in [0.3, 0.4) is 0 Å². The normalized spacial score (nSPS) is 12.8. The second kappa shape index (κ2) is 9.37. The molecular weight excluding hydrogens is 312 g/mol. The van der Waals surface area contributed by atoms with Crippen molar-refractivity contribution in [1.29, 1.82) is 0 Å². The van der Waals surface area contributed by atoms with Gasteiger partial charge >= 0.3 is 11.9 Å². The van der Waals surface area contributed by atoms with Crippen LogP contribution in [0.1, 0.15) is 87.5 Å². The first-order valence-corrected chi connectivity index (χ1v) is 8.62. The Morgan fingerprint density at radius 2 is 1.12 bits per heavy atom. The van der Waals surface area contributed by atoms with Crippen molar-refractivity contribution >= 4 is 11.9 Å². The Hall–Kier alpha value is -1.14. The number of rotatable bonds is 9. The molecule has 0 radical (unpaired) electrons. The van der Waals surface area contributed by atoms with E-state index in [1.54, 1.807) is 41.5 Å². The summed E-state index contributed by atoms with van der Waals surface area (Å²) in [4.78, 5) is 44.8. The SMILES string of the molecule is CCCCCCC(C)(C(=O)OOC(C)(C)C)C(=O)OOC(C)(C)C. The zero-order chi connectivity index (χ0) is 19.0. The van der Waals surface area contributed by atoms with Gasteiger partial charge in [-0.15, -0.1) is 0 Å². The van der Waals surface area contributed by atoms with Gasteiger partial charge in [-0.1, -0.05) is 32.6 Å². The third-order valence-electron chi connectivity index (χ3n) is 3.17. The molecule has 24 heavy (non-hydrogen) atoms. The molecule has 0 unspecified atom stereocenters. The quantitative estimate of drug-likeness (QED) is 0.265. The standard InChI is InChI=1S/C18H34O6/c1-9-10-11-12-13-18(8,14(19)21-23-16(2,3)4)15(20)22-24-17(5,6)7/h9-13H2,1-8H3. The van der Waals surface area contributed by atoms with Crippen LogP contribution in [0, 0.1) is 5.41 Å². The van der Waals surface area contributed by atoms with E-state index >= 15 is 0 Å². The Kier molecular flexibility index (Phi) is 8.93. The molecule has 0 fully saturated rings. The third-order valence-corrected chi connectivity index (χ3v) is 3.17. The average molecular weight is 346 g/mol. The summed E-state index contributed by atoms with van der Waals surface area (Å²) in [5.41, 5.74) is -2.79. The molecule has 0 rings (SSSR count). The highest BCUT2D eigenvalue weighted by Gasteiger charge is 2.46. The molecule has 0 aliphatic heterocycles. The minimum atomic E-state index is -1.47. The van der Waals surface area contributed by atoms with Crippen LogP contribution in [-0.2, 0) is 29.1 Å². The first kappa shape index (κ1) is 22.9. The molecule has 0 spiro atoms. The van der Waals surface area contributed by atoms with Crippen LogP contribution in [0.25, 0.3) is 0 Å². The van der Waals surface area contributed by atoms with Gasteiger partial charge in [-0.2, -0.15) is 9.78 Å². The van der Waals surface area contributed by atoms with Crippen molar-refractivity contribution in [3.8, 4) is 0 Å². The van der Waals surface area contributed by atoms with Gasteiger partial charge in [-0.3, -0.25) is 9.78 Å². The van der Waals surface area contributed by atoms with Crippen LogP contribution < -0.4 is 0 Å². The topological polar surface area (TPSA) is 71.1 Å². The molecule has 0 heterocycles. The highest BCUT2D eigenvalue weighted by molar-refractivity contribution is 5.99. The summed E-state index contributed by atoms with van der Waals surface area (Å²) in [6.45, 7) is 14.1. The minimum Gasteiger partial charge on any atom is -0.297 e. The molecule has 0 atom stereocenters. The maximum Gasteiger partial charge on any atom is 0.359 e. The Morgan fingerprint density at radius 1 is 0.708 bits per heavy atom. The highest BCUT2D eigenvalue weighted by Crippen LogP contribution is 2.30. The predicted octanol–water partition coefficient (Wildman–Crippen LogP) is 4.51. The van der Waals surface area contributed by atoms with Crippen molar-refractivity contribution in [1.82, 2.24) is 0 Å². The molecule has 0 N–H and O–H groups in total. The largest absolute Gasteiger partial charge is 0.359 e. The van der Waals surface area contributed by atoms with Crippen LogP contribution in [0.4, 0.5) is 0 Å². The van der Waals surface area contributed by atoms with Crippen molar-refractivity contribution in [2.24, 2.45) is 5.41 Å². The zero-order valence-electron chi connectivity index (χ0n) is 16.5. The Morgan fingerprint density at radius 3 is 1.46 bits per heavy atom. The molecule has 0 saturated carbocycles. The summed E-state index contributed by atoms with van der Waals surface area (Å²) in [5.74, 6) is -1.53. The van der Waals surface area contributed by atoms with E-state index in [1.807, 2.05) is 0 Å². The number of carbonyl (C=O) groups is 2. The molecular formula is C18H34O6. The maximum absolute atomic E-state index is 12.4. The summed E-state index contributed by atoms with van der Waals surface area (Å²) < 4.78 is 0. The average Bonchev–Trinajstić information content (AvgIpc) is 2.44. The van der Waals surface area contributed by atoms with E-state index in [1.165, 1.54) is 6.92 Å². The van der Waals surface area contributed by atoms with Gasteiger partial charge in [0.1, 0.15) is 11.2 Å². The van der Waals surface area contributed by atoms with Crippen molar-refractivity contribution in [3.05, 3.63) is 0 Å². The first-order chi connectivity index (χ1) is 10.8. The first-order valence-electron chi connectivity index (χ1n) is 8.62. The number of hydrogen-bond donors (Lipinski definition) is 0. The van der Waals surface area contributed by atoms with E-state index < -0.39 is 28.6 Å². The van der Waals surface area contributed by atoms with Gasteiger partial charge in [0.2, 0.25) is 0 Å². The van der Waals surface area contributed by atoms with Crippen LogP contribution in [0.5, 0.6) is 0 Å². The number of hydrogen-bond acceptors (Lipinski definition) is 6. The monoisotopic (exact) mass is 346 g/mol. The highest BCUT2D eigenvalue weighted by atomic mass is 17.2. The maximum atomic E-state index is 12.4. The van der Waals surface area contributed by atoms with E-state index in [9.17, 15) is 9.59 Å². The fourth-order valence-electron chi connectivity index (χ4n) is 1.70. The summed E-state index contributed by atoms with van der Waals surface area (Å²) in [7, 11) is 0. The lowest BCUT2D eigenvalue weighted by atomic mass is 9.85. The molecule has 0 aromatic carbocycles. The molecule has 0 aromatic heterocycles. The molecule has 6 heteroatoms. The van der Waals surface area contributed by atoms with Crippen LogP contribution in [-0.4, -0.2) is 23.1 Å². The van der Waals surface area contributed by atoms with Gasteiger partial charge in [-0.25, -0.2) is 9.59 Å². The van der Waals surface area contributed by atoms with E-state index in [0.29, 0.717) is 12.8 Å². The molecule has 142 valence electrons. The van der Waals surface area contributed by atoms with E-state index in [0.717, 1.165) is 19.3 Å². The van der Waals surface area contributed by atoms with Crippen molar-refractivity contribution in [2.45, 2.75) is 98.7 Å². The molecule has 0 aromatic rings. The van der Waals surface area contributed by atoms with Crippen molar-refractivity contribution in [2.75, 3.05) is 0 Å². The summed E-state index contributed by atoms with van der Waals surface area (Å²) in [6, 6.07) is 0. The van der Waals surface area contributed by atoms with Crippen molar-refractivity contribution < 1.29 is 29.1 Å². The Balaban J connectivity index is 4.98. The lowest BCUT2D eigenvalue weighted by Crippen LogP contribution is -2.41. The Bertz CT molecular complexity index is 373. The fraction of sp³-hybridized carbons (Fsp3) is 0.889. The third kappa shape index (κ3) is 9.23. The molecule has 6 nitrogen and oxygen atoms in total. The lowest BCUT2D eigenvalue weighted by molar-refractivity contribution is -0.339. The van der Waals surface area contributed by atoms with Gasteiger partial charge in [0, 0.05) is 0 Å². The molecule has 0 aliphatic carbocycles. The smallest absolute Gasteiger partial charge is 0.297 e. The summed E-state index contributed by atoms with van der Waals surface area (Å²) in [5, 5.41) is 0. The van der Waals surface area contributed by atoms with Crippen LogP contribution >= 0.6 is 0 Å². The molecule has 0 saturated heterocycles. The van der Waals surface area contributed by atoms with Crippen LogP contribution in [0.15, 0.2) is 0 Å². The zero-order valence-corrected chi connectivity index (χ0v) is 16.5. The lowest BCUT2D eigenvalue weighted by Gasteiger charge is -2.27. The van der Waals surface area contributed by atoms with Crippen LogP contribution in [0.2, 0.25) is 0 Å². The minimum absolute atomic E-state index is 0.311. The molecule has 0 aliphatic rings. The predicted molar refractivity (Wildman–Crippen MR) is 90.7 cm³/mol. The summed E-state index contributed by atoms with van der Waals surface area (Å²) >= 11 is 0. The van der Waals surface area contributed by atoms with E-state index in [-0.39, 0.29) is 0 Å². The fourth-order valence-corrected chi connectivity index (χ4v) is 1.70. The second-order valence-corrected chi connectivity index (χ2v) is 8.28.